The zero-order valence-corrected chi connectivity index (χ0v) is 13.4. The van der Waals surface area contributed by atoms with Crippen molar-refractivity contribution in [1.29, 1.82) is 0 Å². The third-order valence-electron chi connectivity index (χ3n) is 4.16. The van der Waals surface area contributed by atoms with Crippen LogP contribution < -0.4 is 5.32 Å². The van der Waals surface area contributed by atoms with Gasteiger partial charge in [-0.2, -0.15) is 0 Å². The van der Waals surface area contributed by atoms with Crippen molar-refractivity contribution in [3.05, 3.63) is 36.3 Å². The van der Waals surface area contributed by atoms with Gasteiger partial charge in [-0.15, -0.1) is 0 Å². The van der Waals surface area contributed by atoms with Crippen LogP contribution in [0.4, 0.5) is 0 Å². The van der Waals surface area contributed by atoms with Gasteiger partial charge in [-0.1, -0.05) is 0 Å². The summed E-state index contributed by atoms with van der Waals surface area (Å²) in [7, 11) is 1.74. The van der Waals surface area contributed by atoms with Crippen molar-refractivity contribution in [1.82, 2.24) is 24.8 Å². The van der Waals surface area contributed by atoms with Crippen molar-refractivity contribution in [3.63, 3.8) is 0 Å². The summed E-state index contributed by atoms with van der Waals surface area (Å²) in [6, 6.07) is 1.98. The largest absolute Gasteiger partial charge is 0.381 e. The van der Waals surface area contributed by atoms with Gasteiger partial charge in [0.15, 0.2) is 0 Å². The van der Waals surface area contributed by atoms with Gasteiger partial charge in [-0.3, -0.25) is 9.36 Å². The normalized spacial score (nSPS) is 21.1. The maximum atomic E-state index is 12.4. The molecule has 0 aliphatic heterocycles. The molecule has 1 aliphatic rings. The molecule has 7 nitrogen and oxygen atoms in total. The van der Waals surface area contributed by atoms with Crippen molar-refractivity contribution in [2.45, 2.75) is 44.8 Å². The second-order valence-corrected chi connectivity index (χ2v) is 5.84. The summed E-state index contributed by atoms with van der Waals surface area (Å²) in [5.41, 5.74) is 0.747. The van der Waals surface area contributed by atoms with E-state index in [2.05, 4.69) is 20.3 Å². The van der Waals surface area contributed by atoms with Crippen LogP contribution in [0.15, 0.2) is 24.8 Å². The summed E-state index contributed by atoms with van der Waals surface area (Å²) in [6.45, 7) is 1.85. The number of aromatic nitrogens is 4. The second kappa shape index (κ2) is 6.87. The van der Waals surface area contributed by atoms with Crippen molar-refractivity contribution < 1.29 is 9.53 Å². The number of rotatable bonds is 4. The Balaban J connectivity index is 1.70. The molecule has 7 heteroatoms. The molecule has 0 unspecified atom stereocenters. The fraction of sp³-hybridized carbons (Fsp3) is 0.500. The number of hydrogen-bond donors (Lipinski definition) is 1. The fourth-order valence-electron chi connectivity index (χ4n) is 2.87. The molecule has 0 radical (unpaired) electrons. The SMILES string of the molecule is CO[C@H]1CC[C@H](NC(=O)c2nc(C)cc(-n3ccnc3)n2)CC1. The maximum absolute atomic E-state index is 12.4. The Hall–Kier alpha value is -2.28. The molecular weight excluding hydrogens is 294 g/mol. The van der Waals surface area contributed by atoms with Crippen LogP contribution in [0.1, 0.15) is 42.0 Å². The number of amides is 1. The first-order valence-corrected chi connectivity index (χ1v) is 7.83. The predicted molar refractivity (Wildman–Crippen MR) is 84.4 cm³/mol. The predicted octanol–water partition coefficient (Wildman–Crippen LogP) is 1.66. The number of carbonyl (C=O) groups is 1. The molecule has 1 aliphatic carbocycles. The van der Waals surface area contributed by atoms with Gasteiger partial charge in [0.1, 0.15) is 12.1 Å². The van der Waals surface area contributed by atoms with Gasteiger partial charge in [0, 0.05) is 37.3 Å². The number of hydrogen-bond acceptors (Lipinski definition) is 5. The van der Waals surface area contributed by atoms with Gasteiger partial charge < -0.3 is 10.1 Å². The van der Waals surface area contributed by atoms with Gasteiger partial charge in [0.05, 0.1) is 6.10 Å². The van der Waals surface area contributed by atoms with E-state index in [1.165, 1.54) is 0 Å². The highest BCUT2D eigenvalue weighted by molar-refractivity contribution is 5.90. The van der Waals surface area contributed by atoms with Gasteiger partial charge in [0.25, 0.3) is 5.91 Å². The standard InChI is InChI=1S/C16H21N5O2/c1-11-9-14(21-8-7-17-10-21)20-15(18-11)16(22)19-12-3-5-13(23-2)6-4-12/h7-10,12-13H,3-6H2,1-2H3,(H,19,22)/t12-,13-. The Morgan fingerprint density at radius 3 is 2.74 bits per heavy atom. The number of methoxy groups -OCH3 is 1. The second-order valence-electron chi connectivity index (χ2n) is 5.84. The van der Waals surface area contributed by atoms with Gasteiger partial charge in [-0.25, -0.2) is 15.0 Å². The molecule has 0 bridgehead atoms. The Bertz CT molecular complexity index is 663. The number of imidazole rings is 1. The van der Waals surface area contributed by atoms with Gasteiger partial charge in [0.2, 0.25) is 5.82 Å². The molecule has 122 valence electrons. The summed E-state index contributed by atoms with van der Waals surface area (Å²) in [6.07, 6.45) is 9.20. The van der Waals surface area contributed by atoms with E-state index >= 15 is 0 Å². The van der Waals surface area contributed by atoms with Crippen LogP contribution >= 0.6 is 0 Å². The van der Waals surface area contributed by atoms with E-state index in [4.69, 9.17) is 4.74 Å². The van der Waals surface area contributed by atoms with Crippen LogP contribution in [0, 0.1) is 6.92 Å². The van der Waals surface area contributed by atoms with Crippen LogP contribution in [0.25, 0.3) is 5.82 Å². The Labute approximate surface area is 135 Å². The molecule has 2 heterocycles. The molecule has 23 heavy (non-hydrogen) atoms. The van der Waals surface area contributed by atoms with Crippen molar-refractivity contribution >= 4 is 5.91 Å². The molecule has 0 saturated heterocycles. The lowest BCUT2D eigenvalue weighted by atomic mass is 9.93. The first kappa shape index (κ1) is 15.6. The van der Waals surface area contributed by atoms with E-state index in [9.17, 15) is 4.79 Å². The molecule has 2 aromatic heterocycles. The van der Waals surface area contributed by atoms with E-state index in [1.54, 1.807) is 30.4 Å². The number of nitrogens with zero attached hydrogens (tertiary/aromatic N) is 4. The van der Waals surface area contributed by atoms with Crippen LogP contribution in [-0.4, -0.2) is 44.7 Å². The van der Waals surface area contributed by atoms with Crippen molar-refractivity contribution in [3.8, 4) is 5.82 Å². The zero-order valence-electron chi connectivity index (χ0n) is 13.4. The Morgan fingerprint density at radius 2 is 2.09 bits per heavy atom. The lowest BCUT2D eigenvalue weighted by molar-refractivity contribution is 0.0597. The van der Waals surface area contributed by atoms with Crippen LogP contribution in [0.5, 0.6) is 0 Å². The minimum atomic E-state index is -0.226. The van der Waals surface area contributed by atoms with Crippen LogP contribution in [0.2, 0.25) is 0 Å². The third kappa shape index (κ3) is 3.73. The van der Waals surface area contributed by atoms with E-state index in [1.807, 2.05) is 13.0 Å². The topological polar surface area (TPSA) is 81.9 Å². The smallest absolute Gasteiger partial charge is 0.289 e. The summed E-state index contributed by atoms with van der Waals surface area (Å²) < 4.78 is 7.11. The molecule has 1 N–H and O–H groups in total. The van der Waals surface area contributed by atoms with E-state index in [0.717, 1.165) is 31.4 Å². The molecular formula is C16H21N5O2. The minimum absolute atomic E-state index is 0.162. The number of aryl methyl sites for hydroxylation is 1. The third-order valence-corrected chi connectivity index (χ3v) is 4.16. The highest BCUT2D eigenvalue weighted by Gasteiger charge is 2.23. The monoisotopic (exact) mass is 315 g/mol. The molecule has 3 rings (SSSR count). The van der Waals surface area contributed by atoms with Crippen molar-refractivity contribution in [2.24, 2.45) is 0 Å². The summed E-state index contributed by atoms with van der Waals surface area (Å²) in [4.78, 5) is 25.1. The first-order valence-electron chi connectivity index (χ1n) is 7.83. The number of nitrogens with one attached hydrogen (secondary N) is 1. The zero-order chi connectivity index (χ0) is 16.2. The lowest BCUT2D eigenvalue weighted by Crippen LogP contribution is -2.39. The van der Waals surface area contributed by atoms with Crippen LogP contribution in [-0.2, 0) is 4.74 Å². The first-order chi connectivity index (χ1) is 11.2. The minimum Gasteiger partial charge on any atom is -0.381 e. The molecule has 0 spiro atoms. The Kier molecular flexibility index (Phi) is 4.66. The van der Waals surface area contributed by atoms with Gasteiger partial charge in [-0.05, 0) is 32.6 Å². The van der Waals surface area contributed by atoms with Gasteiger partial charge >= 0.3 is 0 Å². The quantitative estimate of drug-likeness (QED) is 0.928. The highest BCUT2D eigenvalue weighted by Crippen LogP contribution is 2.20. The van der Waals surface area contributed by atoms with E-state index in [0.29, 0.717) is 11.9 Å². The van der Waals surface area contributed by atoms with E-state index < -0.39 is 0 Å². The number of ether oxygens (including phenoxy) is 1. The average Bonchev–Trinajstić information content (AvgIpc) is 3.09. The highest BCUT2D eigenvalue weighted by atomic mass is 16.5. The Morgan fingerprint density at radius 1 is 1.30 bits per heavy atom. The molecule has 0 atom stereocenters. The maximum Gasteiger partial charge on any atom is 0.289 e. The number of carbonyl (C=O) groups excluding carboxylic acids is 1. The molecule has 1 amide bonds. The summed E-state index contributed by atoms with van der Waals surface area (Å²) >= 11 is 0. The average molecular weight is 315 g/mol. The fourth-order valence-corrected chi connectivity index (χ4v) is 2.87. The van der Waals surface area contributed by atoms with Crippen LogP contribution in [0.3, 0.4) is 0 Å². The van der Waals surface area contributed by atoms with E-state index in [-0.39, 0.29) is 17.8 Å². The molecule has 0 aromatic carbocycles. The lowest BCUT2D eigenvalue weighted by Gasteiger charge is -2.27. The summed E-state index contributed by atoms with van der Waals surface area (Å²) in [5.74, 6) is 0.613. The molecule has 2 aromatic rings. The molecule has 1 saturated carbocycles. The van der Waals surface area contributed by atoms with Crippen molar-refractivity contribution in [2.75, 3.05) is 7.11 Å². The summed E-state index contributed by atoms with van der Waals surface area (Å²) in [5, 5.41) is 3.04. The molecule has 1 fully saturated rings.